The third kappa shape index (κ3) is 4.08. The minimum atomic E-state index is -3.54. The third-order valence-corrected chi connectivity index (χ3v) is 6.89. The van der Waals surface area contributed by atoms with E-state index in [-0.39, 0.29) is 11.3 Å². The minimum Gasteiger partial charge on any atom is -0.455 e. The second kappa shape index (κ2) is 6.75. The number of esters is 1. The predicted octanol–water partition coefficient (Wildman–Crippen LogP) is 2.00. The van der Waals surface area contributed by atoms with Crippen LogP contribution in [0.25, 0.3) is 0 Å². The van der Waals surface area contributed by atoms with Gasteiger partial charge in [-0.15, -0.1) is 23.2 Å². The Morgan fingerprint density at radius 2 is 1.76 bits per heavy atom. The number of halogens is 2. The lowest BCUT2D eigenvalue weighted by Gasteiger charge is -2.13. The van der Waals surface area contributed by atoms with Crippen LogP contribution in [-0.4, -0.2) is 49.6 Å². The molecule has 0 aromatic heterocycles. The number of hydrogen-bond donors (Lipinski definition) is 1. The van der Waals surface area contributed by atoms with Crippen LogP contribution in [0.15, 0.2) is 29.2 Å². The largest absolute Gasteiger partial charge is 0.455 e. The summed E-state index contributed by atoms with van der Waals surface area (Å²) >= 11 is 11.7. The van der Waals surface area contributed by atoms with Crippen molar-refractivity contribution < 1.29 is 22.7 Å². The number of carbonyl (C=O) groups excluding carboxylic acids is 2. The molecular formula is C15H18Cl2N2O5S. The Hall–Kier alpha value is -1.35. The van der Waals surface area contributed by atoms with E-state index in [1.165, 1.54) is 38.4 Å². The topological polar surface area (TPSA) is 92.8 Å². The number of rotatable bonds is 6. The van der Waals surface area contributed by atoms with Gasteiger partial charge in [0.05, 0.1) is 4.90 Å². The zero-order chi connectivity index (χ0) is 19.0. The van der Waals surface area contributed by atoms with E-state index in [1.807, 2.05) is 0 Å². The van der Waals surface area contributed by atoms with Crippen LogP contribution in [-0.2, 0) is 24.3 Å². The van der Waals surface area contributed by atoms with Gasteiger partial charge in [-0.2, -0.15) is 0 Å². The van der Waals surface area contributed by atoms with Crippen LogP contribution < -0.4 is 5.32 Å². The number of carbonyl (C=O) groups is 2. The van der Waals surface area contributed by atoms with Gasteiger partial charge in [0.15, 0.2) is 6.61 Å². The highest BCUT2D eigenvalue weighted by molar-refractivity contribution is 7.89. The number of anilines is 1. The van der Waals surface area contributed by atoms with Crippen molar-refractivity contribution >= 4 is 50.8 Å². The predicted molar refractivity (Wildman–Crippen MR) is 94.1 cm³/mol. The molecule has 1 aliphatic carbocycles. The second-order valence-corrected chi connectivity index (χ2v) is 9.79. The summed E-state index contributed by atoms with van der Waals surface area (Å²) in [6.45, 7) is 1.08. The lowest BCUT2D eigenvalue weighted by Crippen LogP contribution is -2.26. The monoisotopic (exact) mass is 408 g/mol. The number of benzene rings is 1. The Morgan fingerprint density at radius 1 is 1.24 bits per heavy atom. The molecule has 0 heterocycles. The summed E-state index contributed by atoms with van der Waals surface area (Å²) in [5.74, 6) is -1.20. The maximum Gasteiger partial charge on any atom is 0.315 e. The lowest BCUT2D eigenvalue weighted by atomic mass is 10.1. The molecule has 2 rings (SSSR count). The van der Waals surface area contributed by atoms with Gasteiger partial charge in [0.2, 0.25) is 10.0 Å². The number of alkyl halides is 2. The summed E-state index contributed by atoms with van der Waals surface area (Å²) in [5.41, 5.74) is -0.626. The molecule has 0 bridgehead atoms. The Kier molecular flexibility index (Phi) is 5.39. The molecule has 0 unspecified atom stereocenters. The normalized spacial score (nSPS) is 21.7. The van der Waals surface area contributed by atoms with Crippen molar-refractivity contribution in [2.75, 3.05) is 26.0 Å². The summed E-state index contributed by atoms with van der Waals surface area (Å²) in [6.07, 6.45) is 0.269. The standard InChI is InChI=1S/C15H18Cl2N2O5S/c1-14(9-15(14,16)17)13(21)24-8-12(20)18-10-4-6-11(7-5-10)25(22,23)19(2)3/h4-7H,8-9H2,1-3H3,(H,18,20)/t14-/m0/s1. The van der Waals surface area contributed by atoms with Crippen LogP contribution in [0.1, 0.15) is 13.3 Å². The van der Waals surface area contributed by atoms with Gasteiger partial charge in [-0.05, 0) is 31.2 Å². The zero-order valence-corrected chi connectivity index (χ0v) is 16.2. The van der Waals surface area contributed by atoms with E-state index in [1.54, 1.807) is 6.92 Å². The van der Waals surface area contributed by atoms with Crippen LogP contribution in [0.2, 0.25) is 0 Å². The molecule has 1 saturated carbocycles. The molecule has 1 aromatic carbocycles. The Labute approximate surface area is 156 Å². The molecule has 0 spiro atoms. The van der Waals surface area contributed by atoms with E-state index in [9.17, 15) is 18.0 Å². The molecule has 1 fully saturated rings. The first-order chi connectivity index (χ1) is 11.4. The van der Waals surface area contributed by atoms with Crippen LogP contribution in [0.5, 0.6) is 0 Å². The van der Waals surface area contributed by atoms with E-state index in [4.69, 9.17) is 27.9 Å². The highest BCUT2D eigenvalue weighted by Crippen LogP contribution is 2.64. The molecule has 0 aliphatic heterocycles. The van der Waals surface area contributed by atoms with E-state index in [0.717, 1.165) is 4.31 Å². The molecule has 1 N–H and O–H groups in total. The molecule has 0 saturated heterocycles. The molecular weight excluding hydrogens is 391 g/mol. The number of hydrogen-bond acceptors (Lipinski definition) is 5. The lowest BCUT2D eigenvalue weighted by molar-refractivity contribution is -0.152. The van der Waals surface area contributed by atoms with Crippen molar-refractivity contribution in [3.8, 4) is 0 Å². The average Bonchev–Trinajstić information content (AvgIpc) is 3.05. The summed E-state index contributed by atoms with van der Waals surface area (Å²) < 4.78 is 28.8. The highest BCUT2D eigenvalue weighted by Gasteiger charge is 2.69. The average molecular weight is 409 g/mol. The molecule has 0 radical (unpaired) electrons. The van der Waals surface area contributed by atoms with Crippen molar-refractivity contribution in [2.24, 2.45) is 5.41 Å². The summed E-state index contributed by atoms with van der Waals surface area (Å²) in [5, 5.41) is 2.51. The molecule has 1 aromatic rings. The quantitative estimate of drug-likeness (QED) is 0.573. The number of nitrogens with zero attached hydrogens (tertiary/aromatic N) is 1. The third-order valence-electron chi connectivity index (χ3n) is 3.96. The van der Waals surface area contributed by atoms with Crippen LogP contribution in [0.4, 0.5) is 5.69 Å². The van der Waals surface area contributed by atoms with Crippen molar-refractivity contribution in [1.29, 1.82) is 0 Å². The smallest absolute Gasteiger partial charge is 0.315 e. The fraction of sp³-hybridized carbons (Fsp3) is 0.467. The molecule has 138 valence electrons. The zero-order valence-electron chi connectivity index (χ0n) is 13.9. The van der Waals surface area contributed by atoms with E-state index in [2.05, 4.69) is 5.32 Å². The van der Waals surface area contributed by atoms with Gasteiger partial charge in [-0.25, -0.2) is 12.7 Å². The Balaban J connectivity index is 1.90. The van der Waals surface area contributed by atoms with Crippen LogP contribution >= 0.6 is 23.2 Å². The van der Waals surface area contributed by atoms with Crippen LogP contribution in [0, 0.1) is 5.41 Å². The van der Waals surface area contributed by atoms with Gasteiger partial charge in [0.1, 0.15) is 9.75 Å². The molecule has 1 aliphatic rings. The molecule has 7 nitrogen and oxygen atoms in total. The Morgan fingerprint density at radius 3 is 2.20 bits per heavy atom. The van der Waals surface area contributed by atoms with Gasteiger partial charge in [0.25, 0.3) is 5.91 Å². The van der Waals surface area contributed by atoms with E-state index in [0.29, 0.717) is 5.69 Å². The number of nitrogens with one attached hydrogen (secondary N) is 1. The Bertz CT molecular complexity index is 793. The van der Waals surface area contributed by atoms with Gasteiger partial charge < -0.3 is 10.1 Å². The minimum absolute atomic E-state index is 0.101. The molecule has 1 amide bonds. The molecule has 10 heteroatoms. The first kappa shape index (κ1) is 20.0. The summed E-state index contributed by atoms with van der Waals surface area (Å²) in [7, 11) is -0.684. The molecule has 25 heavy (non-hydrogen) atoms. The van der Waals surface area contributed by atoms with Gasteiger partial charge in [0, 0.05) is 26.2 Å². The fourth-order valence-corrected chi connectivity index (χ4v) is 3.62. The van der Waals surface area contributed by atoms with Crippen molar-refractivity contribution in [3.05, 3.63) is 24.3 Å². The van der Waals surface area contributed by atoms with Crippen LogP contribution in [0.3, 0.4) is 0 Å². The first-order valence-corrected chi connectivity index (χ1v) is 9.47. The van der Waals surface area contributed by atoms with Gasteiger partial charge in [-0.3, -0.25) is 9.59 Å². The van der Waals surface area contributed by atoms with Crippen molar-refractivity contribution in [1.82, 2.24) is 4.31 Å². The summed E-state index contributed by atoms with van der Waals surface area (Å²) in [4.78, 5) is 23.8. The molecule has 1 atom stereocenters. The highest BCUT2D eigenvalue weighted by atomic mass is 35.5. The fourth-order valence-electron chi connectivity index (χ4n) is 2.03. The second-order valence-electron chi connectivity index (χ2n) is 6.15. The van der Waals surface area contributed by atoms with E-state index < -0.39 is 38.3 Å². The van der Waals surface area contributed by atoms with Gasteiger partial charge in [-0.1, -0.05) is 0 Å². The van der Waals surface area contributed by atoms with Gasteiger partial charge >= 0.3 is 5.97 Å². The maximum atomic E-state index is 12.0. The van der Waals surface area contributed by atoms with Crippen molar-refractivity contribution in [3.63, 3.8) is 0 Å². The first-order valence-electron chi connectivity index (χ1n) is 7.28. The number of sulfonamides is 1. The SMILES string of the molecule is CN(C)S(=O)(=O)c1ccc(NC(=O)COC(=O)[C@]2(C)CC2(Cl)Cl)cc1. The number of ether oxygens (including phenoxy) is 1. The van der Waals surface area contributed by atoms with Crippen molar-refractivity contribution in [2.45, 2.75) is 22.6 Å². The maximum absolute atomic E-state index is 12.0. The van der Waals surface area contributed by atoms with E-state index >= 15 is 0 Å². The number of amides is 1. The summed E-state index contributed by atoms with van der Waals surface area (Å²) in [6, 6.07) is 5.64.